The van der Waals surface area contributed by atoms with Gasteiger partial charge in [-0.25, -0.2) is 4.98 Å². The van der Waals surface area contributed by atoms with Crippen LogP contribution in [0.4, 0.5) is 0 Å². The Hall–Kier alpha value is -2.32. The fourth-order valence-corrected chi connectivity index (χ4v) is 1.92. The van der Waals surface area contributed by atoms with Gasteiger partial charge in [0.05, 0.1) is 25.3 Å². The molecule has 0 saturated carbocycles. The van der Waals surface area contributed by atoms with E-state index in [9.17, 15) is 4.79 Å². The Morgan fingerprint density at radius 1 is 1.50 bits per heavy atom. The first-order valence-corrected chi connectivity index (χ1v) is 6.38. The van der Waals surface area contributed by atoms with Gasteiger partial charge in [0.15, 0.2) is 0 Å². The van der Waals surface area contributed by atoms with Crippen molar-refractivity contribution in [2.75, 3.05) is 6.54 Å². The third-order valence-corrected chi connectivity index (χ3v) is 2.89. The third-order valence-electron chi connectivity index (χ3n) is 2.68. The standard InChI is InChI=1S/C14H12ClN3O2/c15-13-9-11(4-6-17-13)14(19)18(7-2-5-16)10-12-3-1-8-20-12/h1,3-4,6,8-9H,2,7,10H2. The molecule has 0 bridgehead atoms. The number of aromatic nitrogens is 1. The summed E-state index contributed by atoms with van der Waals surface area (Å²) in [5.74, 6) is 0.456. The van der Waals surface area contributed by atoms with E-state index in [2.05, 4.69) is 4.98 Å². The molecule has 0 atom stereocenters. The van der Waals surface area contributed by atoms with Crippen molar-refractivity contribution < 1.29 is 9.21 Å². The maximum Gasteiger partial charge on any atom is 0.254 e. The quantitative estimate of drug-likeness (QED) is 0.794. The summed E-state index contributed by atoms with van der Waals surface area (Å²) >= 11 is 5.79. The molecule has 0 saturated heterocycles. The van der Waals surface area contributed by atoms with Gasteiger partial charge in [-0.05, 0) is 24.3 Å². The number of nitriles is 1. The average molecular weight is 290 g/mol. The van der Waals surface area contributed by atoms with Crippen molar-refractivity contribution in [2.45, 2.75) is 13.0 Å². The molecule has 2 rings (SSSR count). The molecule has 2 aromatic heterocycles. The number of furan rings is 1. The molecule has 20 heavy (non-hydrogen) atoms. The lowest BCUT2D eigenvalue weighted by Gasteiger charge is -2.20. The van der Waals surface area contributed by atoms with E-state index in [4.69, 9.17) is 21.3 Å². The van der Waals surface area contributed by atoms with Crippen molar-refractivity contribution in [1.82, 2.24) is 9.88 Å². The Labute approximate surface area is 121 Å². The molecule has 0 unspecified atom stereocenters. The summed E-state index contributed by atoms with van der Waals surface area (Å²) in [6.45, 7) is 0.642. The van der Waals surface area contributed by atoms with Crippen LogP contribution in [-0.2, 0) is 6.54 Å². The number of carbonyl (C=O) groups is 1. The third kappa shape index (κ3) is 3.59. The van der Waals surface area contributed by atoms with Crippen LogP contribution in [0.25, 0.3) is 0 Å². The first-order chi connectivity index (χ1) is 9.70. The van der Waals surface area contributed by atoms with E-state index < -0.39 is 0 Å². The molecule has 2 heterocycles. The maximum atomic E-state index is 12.4. The zero-order valence-electron chi connectivity index (χ0n) is 10.6. The molecule has 0 aliphatic rings. The Bertz CT molecular complexity index is 620. The zero-order valence-corrected chi connectivity index (χ0v) is 11.4. The summed E-state index contributed by atoms with van der Waals surface area (Å²) in [6, 6.07) is 8.67. The molecule has 1 amide bonds. The lowest BCUT2D eigenvalue weighted by molar-refractivity contribution is 0.0735. The van der Waals surface area contributed by atoms with Crippen LogP contribution in [0.5, 0.6) is 0 Å². The summed E-state index contributed by atoms with van der Waals surface area (Å²) < 4.78 is 5.24. The van der Waals surface area contributed by atoms with Crippen molar-refractivity contribution in [3.8, 4) is 6.07 Å². The molecular weight excluding hydrogens is 278 g/mol. The van der Waals surface area contributed by atoms with E-state index >= 15 is 0 Å². The highest BCUT2D eigenvalue weighted by Crippen LogP contribution is 2.13. The van der Waals surface area contributed by atoms with Crippen molar-refractivity contribution >= 4 is 17.5 Å². The van der Waals surface area contributed by atoms with Crippen LogP contribution in [-0.4, -0.2) is 22.3 Å². The van der Waals surface area contributed by atoms with Gasteiger partial charge >= 0.3 is 0 Å². The fraction of sp³-hybridized carbons (Fsp3) is 0.214. The summed E-state index contributed by atoms with van der Waals surface area (Å²) in [5.41, 5.74) is 0.439. The SMILES string of the molecule is N#CCCN(Cc1ccco1)C(=O)c1ccnc(Cl)c1. The van der Waals surface area contributed by atoms with E-state index in [0.717, 1.165) is 0 Å². The minimum Gasteiger partial charge on any atom is -0.467 e. The number of carbonyl (C=O) groups excluding carboxylic acids is 1. The van der Waals surface area contributed by atoms with Gasteiger partial charge in [-0.1, -0.05) is 11.6 Å². The Morgan fingerprint density at radius 2 is 2.35 bits per heavy atom. The molecule has 5 nitrogen and oxygen atoms in total. The molecule has 0 spiro atoms. The number of amides is 1. The van der Waals surface area contributed by atoms with E-state index in [0.29, 0.717) is 24.4 Å². The molecule has 0 aromatic carbocycles. The predicted octanol–water partition coefficient (Wildman–Crippen LogP) is 2.88. The Morgan fingerprint density at radius 3 is 3.00 bits per heavy atom. The van der Waals surface area contributed by atoms with E-state index in [-0.39, 0.29) is 17.5 Å². The summed E-state index contributed by atoms with van der Waals surface area (Å²) in [7, 11) is 0. The van der Waals surface area contributed by atoms with Crippen molar-refractivity contribution in [3.63, 3.8) is 0 Å². The number of hydrogen-bond acceptors (Lipinski definition) is 4. The molecule has 0 radical (unpaired) electrons. The molecule has 0 aliphatic carbocycles. The van der Waals surface area contributed by atoms with Crippen molar-refractivity contribution in [3.05, 3.63) is 53.2 Å². The largest absolute Gasteiger partial charge is 0.467 e. The predicted molar refractivity (Wildman–Crippen MR) is 72.9 cm³/mol. The van der Waals surface area contributed by atoms with E-state index in [1.165, 1.54) is 12.3 Å². The van der Waals surface area contributed by atoms with Crippen molar-refractivity contribution in [2.24, 2.45) is 0 Å². The molecule has 0 aliphatic heterocycles. The van der Waals surface area contributed by atoms with Gasteiger partial charge in [0.25, 0.3) is 5.91 Å². The van der Waals surface area contributed by atoms with Gasteiger partial charge in [-0.15, -0.1) is 0 Å². The molecule has 2 aromatic rings. The van der Waals surface area contributed by atoms with Gasteiger partial charge in [0.1, 0.15) is 10.9 Å². The van der Waals surface area contributed by atoms with Gasteiger partial charge in [-0.2, -0.15) is 5.26 Å². The molecular formula is C14H12ClN3O2. The van der Waals surface area contributed by atoms with Crippen LogP contribution in [0.3, 0.4) is 0 Å². The van der Waals surface area contributed by atoms with Gasteiger partial charge in [0.2, 0.25) is 0 Å². The minimum atomic E-state index is -0.207. The highest BCUT2D eigenvalue weighted by Gasteiger charge is 2.17. The lowest BCUT2D eigenvalue weighted by Crippen LogP contribution is -2.31. The monoisotopic (exact) mass is 289 g/mol. The normalized spacial score (nSPS) is 10.0. The van der Waals surface area contributed by atoms with Crippen LogP contribution < -0.4 is 0 Å². The van der Waals surface area contributed by atoms with Crippen molar-refractivity contribution in [1.29, 1.82) is 5.26 Å². The highest BCUT2D eigenvalue weighted by atomic mass is 35.5. The zero-order chi connectivity index (χ0) is 14.4. The van der Waals surface area contributed by atoms with E-state index in [1.54, 1.807) is 29.4 Å². The first-order valence-electron chi connectivity index (χ1n) is 6.01. The van der Waals surface area contributed by atoms with Crippen LogP contribution >= 0.6 is 11.6 Å². The van der Waals surface area contributed by atoms with Crippen LogP contribution in [0, 0.1) is 11.3 Å². The maximum absolute atomic E-state index is 12.4. The smallest absolute Gasteiger partial charge is 0.254 e. The minimum absolute atomic E-state index is 0.207. The van der Waals surface area contributed by atoms with Gasteiger partial charge < -0.3 is 9.32 Å². The fourth-order valence-electron chi connectivity index (χ4n) is 1.75. The summed E-state index contributed by atoms with van der Waals surface area (Å²) in [4.78, 5) is 17.8. The average Bonchev–Trinajstić information content (AvgIpc) is 2.95. The molecule has 102 valence electrons. The number of halogens is 1. The number of hydrogen-bond donors (Lipinski definition) is 0. The summed E-state index contributed by atoms with van der Waals surface area (Å²) in [6.07, 6.45) is 3.28. The van der Waals surface area contributed by atoms with Gasteiger partial charge in [0, 0.05) is 18.3 Å². The Balaban J connectivity index is 2.17. The number of nitrogens with zero attached hydrogens (tertiary/aromatic N) is 3. The number of pyridine rings is 1. The highest BCUT2D eigenvalue weighted by molar-refractivity contribution is 6.29. The van der Waals surface area contributed by atoms with E-state index in [1.807, 2.05) is 6.07 Å². The molecule has 0 N–H and O–H groups in total. The molecule has 0 fully saturated rings. The number of rotatable bonds is 5. The van der Waals surface area contributed by atoms with Crippen LogP contribution in [0.1, 0.15) is 22.5 Å². The van der Waals surface area contributed by atoms with Gasteiger partial charge in [-0.3, -0.25) is 4.79 Å². The summed E-state index contributed by atoms with van der Waals surface area (Å²) in [5, 5.41) is 8.95. The van der Waals surface area contributed by atoms with Crippen LogP contribution in [0.15, 0.2) is 41.1 Å². The second kappa shape index (κ2) is 6.73. The molecule has 6 heteroatoms. The van der Waals surface area contributed by atoms with Crippen LogP contribution in [0.2, 0.25) is 5.15 Å². The topological polar surface area (TPSA) is 70.1 Å². The first kappa shape index (κ1) is 14.1. The Kier molecular flexibility index (Phi) is 4.75. The second-order valence-corrected chi connectivity index (χ2v) is 4.47. The second-order valence-electron chi connectivity index (χ2n) is 4.08. The lowest BCUT2D eigenvalue weighted by atomic mass is 10.2.